The van der Waals surface area contributed by atoms with Crippen molar-refractivity contribution in [2.45, 2.75) is 4.90 Å². The summed E-state index contributed by atoms with van der Waals surface area (Å²) in [4.78, 5) is 0.890. The van der Waals surface area contributed by atoms with E-state index in [9.17, 15) is 8.42 Å². The summed E-state index contributed by atoms with van der Waals surface area (Å²) in [6, 6.07) is 7.38. The predicted molar refractivity (Wildman–Crippen MR) is 77.6 cm³/mol. The average Bonchev–Trinajstić information content (AvgIpc) is 2.83. The molecule has 2 rings (SSSR count). The number of nitrogens with two attached hydrogens (primary N) is 1. The quantitative estimate of drug-likeness (QED) is 0.554. The van der Waals surface area contributed by atoms with E-state index in [0.29, 0.717) is 17.1 Å². The van der Waals surface area contributed by atoms with E-state index in [1.54, 1.807) is 6.07 Å². The summed E-state index contributed by atoms with van der Waals surface area (Å²) >= 11 is 1.42. The molecule has 0 unspecified atom stereocenters. The Kier molecular flexibility index (Phi) is 4.33. The SMILES string of the molecule is Nc1ccccc1SCCS(=O)(=O)Nc1cn[nH]c1. The van der Waals surface area contributed by atoms with Gasteiger partial charge in [0, 0.05) is 22.5 Å². The molecule has 0 atom stereocenters. The first-order valence-corrected chi connectivity index (χ1v) is 8.17. The lowest BCUT2D eigenvalue weighted by Crippen LogP contribution is -2.17. The molecule has 0 aliphatic heterocycles. The minimum Gasteiger partial charge on any atom is -0.398 e. The fourth-order valence-electron chi connectivity index (χ4n) is 1.41. The van der Waals surface area contributed by atoms with Crippen LogP contribution >= 0.6 is 11.8 Å². The molecule has 0 aliphatic rings. The Morgan fingerprint density at radius 3 is 2.84 bits per heavy atom. The molecule has 19 heavy (non-hydrogen) atoms. The van der Waals surface area contributed by atoms with Crippen molar-refractivity contribution < 1.29 is 8.42 Å². The minimum atomic E-state index is -3.36. The summed E-state index contributed by atoms with van der Waals surface area (Å²) < 4.78 is 26.0. The molecule has 0 saturated carbocycles. The highest BCUT2D eigenvalue weighted by Crippen LogP contribution is 2.24. The van der Waals surface area contributed by atoms with Crippen LogP contribution in [0.5, 0.6) is 0 Å². The molecule has 0 saturated heterocycles. The largest absolute Gasteiger partial charge is 0.398 e. The van der Waals surface area contributed by atoms with Crippen molar-refractivity contribution in [1.29, 1.82) is 0 Å². The summed E-state index contributed by atoms with van der Waals surface area (Å²) in [5, 5.41) is 6.22. The molecule has 1 aromatic heterocycles. The van der Waals surface area contributed by atoms with Crippen LogP contribution in [-0.4, -0.2) is 30.1 Å². The van der Waals surface area contributed by atoms with E-state index in [2.05, 4.69) is 14.9 Å². The molecule has 0 bridgehead atoms. The van der Waals surface area contributed by atoms with Crippen LogP contribution in [0.25, 0.3) is 0 Å². The molecule has 4 N–H and O–H groups in total. The van der Waals surface area contributed by atoms with E-state index < -0.39 is 10.0 Å². The van der Waals surface area contributed by atoms with Crippen molar-refractivity contribution in [3.63, 3.8) is 0 Å². The fraction of sp³-hybridized carbons (Fsp3) is 0.182. The lowest BCUT2D eigenvalue weighted by Gasteiger charge is -2.07. The minimum absolute atomic E-state index is 0.0111. The van der Waals surface area contributed by atoms with E-state index >= 15 is 0 Å². The van der Waals surface area contributed by atoms with Crippen LogP contribution in [0.1, 0.15) is 0 Å². The first-order chi connectivity index (χ1) is 9.07. The topological polar surface area (TPSA) is 101 Å². The van der Waals surface area contributed by atoms with Crippen LogP contribution in [0.3, 0.4) is 0 Å². The summed E-state index contributed by atoms with van der Waals surface area (Å²) in [5.41, 5.74) is 6.88. The van der Waals surface area contributed by atoms with Gasteiger partial charge in [0.05, 0.1) is 17.6 Å². The number of nitrogen functional groups attached to an aromatic ring is 1. The number of H-pyrrole nitrogens is 1. The number of rotatable bonds is 6. The van der Waals surface area contributed by atoms with E-state index in [1.165, 1.54) is 24.2 Å². The Hall–Kier alpha value is -1.67. The third-order valence-electron chi connectivity index (χ3n) is 2.30. The van der Waals surface area contributed by atoms with Gasteiger partial charge >= 0.3 is 0 Å². The van der Waals surface area contributed by atoms with E-state index in [1.807, 2.05) is 18.2 Å². The lowest BCUT2D eigenvalue weighted by atomic mass is 10.3. The predicted octanol–water partition coefficient (Wildman–Crippen LogP) is 1.53. The van der Waals surface area contributed by atoms with Gasteiger partial charge in [0.25, 0.3) is 0 Å². The van der Waals surface area contributed by atoms with Gasteiger partial charge in [0.15, 0.2) is 0 Å². The second-order valence-corrected chi connectivity index (χ2v) is 6.77. The summed E-state index contributed by atoms with van der Waals surface area (Å²) in [6.45, 7) is 0. The first-order valence-electron chi connectivity index (χ1n) is 5.53. The van der Waals surface area contributed by atoms with Gasteiger partial charge in [-0.3, -0.25) is 9.82 Å². The van der Waals surface area contributed by atoms with Crippen LogP contribution in [0, 0.1) is 0 Å². The molecule has 1 heterocycles. The lowest BCUT2D eigenvalue weighted by molar-refractivity contribution is 0.602. The third-order valence-corrected chi connectivity index (χ3v) is 4.94. The van der Waals surface area contributed by atoms with E-state index in [-0.39, 0.29) is 5.75 Å². The summed E-state index contributed by atoms with van der Waals surface area (Å²) in [7, 11) is -3.36. The number of nitrogens with zero attached hydrogens (tertiary/aromatic N) is 1. The number of benzene rings is 1. The number of aromatic nitrogens is 2. The van der Waals surface area contributed by atoms with Crippen LogP contribution in [0.15, 0.2) is 41.6 Å². The van der Waals surface area contributed by atoms with Crippen molar-refractivity contribution >= 4 is 33.2 Å². The Labute approximate surface area is 115 Å². The van der Waals surface area contributed by atoms with Crippen molar-refractivity contribution in [2.24, 2.45) is 0 Å². The molecular weight excluding hydrogens is 284 g/mol. The second-order valence-electron chi connectivity index (χ2n) is 3.79. The Balaban J connectivity index is 1.87. The molecule has 102 valence electrons. The van der Waals surface area contributed by atoms with Gasteiger partial charge in [0.1, 0.15) is 0 Å². The Morgan fingerprint density at radius 1 is 1.37 bits per heavy atom. The monoisotopic (exact) mass is 298 g/mol. The number of para-hydroxylation sites is 1. The number of hydrogen-bond donors (Lipinski definition) is 3. The summed E-state index contributed by atoms with van der Waals surface area (Å²) in [6.07, 6.45) is 2.90. The zero-order valence-electron chi connectivity index (χ0n) is 10.0. The average molecular weight is 298 g/mol. The molecule has 0 amide bonds. The van der Waals surface area contributed by atoms with Crippen molar-refractivity contribution in [1.82, 2.24) is 10.2 Å². The molecular formula is C11H14N4O2S2. The number of hydrogen-bond acceptors (Lipinski definition) is 5. The number of thioether (sulfide) groups is 1. The zero-order valence-corrected chi connectivity index (χ0v) is 11.7. The second kappa shape index (κ2) is 5.98. The van der Waals surface area contributed by atoms with Crippen molar-refractivity contribution in [3.05, 3.63) is 36.7 Å². The maximum atomic E-state index is 11.8. The van der Waals surface area contributed by atoms with Gasteiger partial charge in [-0.2, -0.15) is 5.10 Å². The molecule has 2 aromatic rings. The number of aromatic amines is 1. The van der Waals surface area contributed by atoms with Crippen LogP contribution in [0.2, 0.25) is 0 Å². The molecule has 0 aliphatic carbocycles. The number of anilines is 2. The third kappa shape index (κ3) is 4.18. The maximum Gasteiger partial charge on any atom is 0.233 e. The van der Waals surface area contributed by atoms with Gasteiger partial charge < -0.3 is 5.73 Å². The van der Waals surface area contributed by atoms with Crippen molar-refractivity contribution in [2.75, 3.05) is 22.0 Å². The van der Waals surface area contributed by atoms with Crippen molar-refractivity contribution in [3.8, 4) is 0 Å². The van der Waals surface area contributed by atoms with Gasteiger partial charge in [0.2, 0.25) is 10.0 Å². The van der Waals surface area contributed by atoms with Crippen LogP contribution in [-0.2, 0) is 10.0 Å². The smallest absolute Gasteiger partial charge is 0.233 e. The van der Waals surface area contributed by atoms with Gasteiger partial charge in [-0.1, -0.05) is 12.1 Å². The highest BCUT2D eigenvalue weighted by Gasteiger charge is 2.11. The molecule has 8 heteroatoms. The fourth-order valence-corrected chi connectivity index (χ4v) is 3.82. The van der Waals surface area contributed by atoms with Gasteiger partial charge in [-0.05, 0) is 12.1 Å². The molecule has 1 aromatic carbocycles. The Bertz CT molecular complexity index is 626. The van der Waals surface area contributed by atoms with Crippen LogP contribution < -0.4 is 10.5 Å². The molecule has 0 radical (unpaired) electrons. The Morgan fingerprint density at radius 2 is 2.16 bits per heavy atom. The highest BCUT2D eigenvalue weighted by atomic mass is 32.2. The molecule has 0 spiro atoms. The highest BCUT2D eigenvalue weighted by molar-refractivity contribution is 8.01. The first kappa shape index (κ1) is 13.8. The molecule has 0 fully saturated rings. The van der Waals surface area contributed by atoms with Gasteiger partial charge in [-0.15, -0.1) is 11.8 Å². The molecule has 6 nitrogen and oxygen atoms in total. The summed E-state index contributed by atoms with van der Waals surface area (Å²) in [5.74, 6) is 0.443. The normalized spacial score (nSPS) is 11.4. The maximum absolute atomic E-state index is 11.8. The van der Waals surface area contributed by atoms with E-state index in [0.717, 1.165) is 4.90 Å². The number of sulfonamides is 1. The standard InChI is InChI=1S/C11H14N4O2S2/c12-10-3-1-2-4-11(10)18-5-6-19(16,17)15-9-7-13-14-8-9/h1-4,7-8,15H,5-6,12H2,(H,13,14). The van der Waals surface area contributed by atoms with Crippen LogP contribution in [0.4, 0.5) is 11.4 Å². The van der Waals surface area contributed by atoms with E-state index in [4.69, 9.17) is 5.73 Å². The van der Waals surface area contributed by atoms with Gasteiger partial charge in [-0.25, -0.2) is 8.42 Å². The zero-order chi connectivity index (χ0) is 13.7. The number of nitrogens with one attached hydrogen (secondary N) is 2.